The zero-order valence-electron chi connectivity index (χ0n) is 15.7. The van der Waals surface area contributed by atoms with Gasteiger partial charge in [-0.05, 0) is 24.6 Å². The third kappa shape index (κ3) is 4.56. The third-order valence-corrected chi connectivity index (χ3v) is 5.68. The minimum absolute atomic E-state index is 0.255. The number of ether oxygens (including phenoxy) is 1. The van der Waals surface area contributed by atoms with Crippen molar-refractivity contribution in [1.29, 1.82) is 0 Å². The zero-order valence-corrected chi connectivity index (χ0v) is 16.5. The predicted octanol–water partition coefficient (Wildman–Crippen LogP) is 2.49. The maximum Gasteiger partial charge on any atom is 0.330 e. The van der Waals surface area contributed by atoms with Crippen LogP contribution in [0.3, 0.4) is 0 Å². The lowest BCUT2D eigenvalue weighted by Gasteiger charge is -2.26. The van der Waals surface area contributed by atoms with Gasteiger partial charge in [0, 0.05) is 19.2 Å². The Morgan fingerprint density at radius 3 is 2.64 bits per heavy atom. The summed E-state index contributed by atoms with van der Waals surface area (Å²) in [5.74, 6) is -0.264. The van der Waals surface area contributed by atoms with Crippen molar-refractivity contribution < 1.29 is 23.5 Å². The van der Waals surface area contributed by atoms with Gasteiger partial charge >= 0.3 is 5.97 Å². The molecule has 2 aromatic rings. The minimum Gasteiger partial charge on any atom is -0.466 e. The van der Waals surface area contributed by atoms with Crippen molar-refractivity contribution in [3.8, 4) is 0 Å². The van der Waals surface area contributed by atoms with Crippen LogP contribution >= 0.6 is 11.8 Å². The first-order valence-electron chi connectivity index (χ1n) is 8.93. The number of carbonyl (C=O) groups excluding carboxylic acids is 3. The number of hydrogen-bond donors (Lipinski definition) is 1. The fourth-order valence-electron chi connectivity index (χ4n) is 2.96. The molecular formula is C20H22N2O5S. The summed E-state index contributed by atoms with van der Waals surface area (Å²) in [5, 5.41) is 2.36. The van der Waals surface area contributed by atoms with Gasteiger partial charge in [0.1, 0.15) is 17.2 Å². The molecule has 1 aromatic carbocycles. The first-order chi connectivity index (χ1) is 13.5. The fourth-order valence-corrected chi connectivity index (χ4v) is 4.37. The summed E-state index contributed by atoms with van der Waals surface area (Å²) in [6.07, 6.45) is 0.566. The molecule has 3 rings (SSSR count). The molecule has 3 atom stereocenters. The van der Waals surface area contributed by atoms with Crippen molar-refractivity contribution >= 4 is 29.5 Å². The molecule has 7 nitrogen and oxygen atoms in total. The highest BCUT2D eigenvalue weighted by Gasteiger charge is 2.43. The van der Waals surface area contributed by atoms with Gasteiger partial charge in [0.15, 0.2) is 6.10 Å². The summed E-state index contributed by atoms with van der Waals surface area (Å²) in [7, 11) is 0. The minimum atomic E-state index is -0.960. The number of thioether (sulfide) groups is 1. The van der Waals surface area contributed by atoms with E-state index < -0.39 is 18.1 Å². The second-order valence-electron chi connectivity index (χ2n) is 6.43. The number of rotatable bonds is 6. The Bertz CT molecular complexity index is 824. The average molecular weight is 402 g/mol. The molecule has 0 spiro atoms. The van der Waals surface area contributed by atoms with Crippen molar-refractivity contribution in [1.82, 2.24) is 10.2 Å². The third-order valence-electron chi connectivity index (χ3n) is 4.39. The first-order valence-corrected chi connectivity index (χ1v) is 9.98. The van der Waals surface area contributed by atoms with Crippen LogP contribution in [0.2, 0.25) is 0 Å². The number of nitrogens with one attached hydrogen (secondary N) is 1. The zero-order chi connectivity index (χ0) is 20.1. The molecule has 1 aliphatic rings. The van der Waals surface area contributed by atoms with Crippen molar-refractivity contribution in [3.05, 3.63) is 60.1 Å². The van der Waals surface area contributed by atoms with Crippen molar-refractivity contribution in [2.24, 2.45) is 0 Å². The summed E-state index contributed by atoms with van der Waals surface area (Å²) in [6, 6.07) is 12.2. The molecule has 0 aliphatic carbocycles. The SMILES string of the molecule is CC(=O)N1[C@@H](c2ccco2)SC[C@H]1C(=O)O[C@@H](C)C(=O)NCc1ccccc1. The van der Waals surface area contributed by atoms with E-state index >= 15 is 0 Å². The topological polar surface area (TPSA) is 88.8 Å². The van der Waals surface area contributed by atoms with E-state index in [1.54, 1.807) is 12.1 Å². The molecular weight excluding hydrogens is 380 g/mol. The van der Waals surface area contributed by atoms with Gasteiger partial charge in [-0.3, -0.25) is 9.59 Å². The van der Waals surface area contributed by atoms with Crippen LogP contribution in [0.25, 0.3) is 0 Å². The van der Waals surface area contributed by atoms with Crippen LogP contribution in [0.5, 0.6) is 0 Å². The predicted molar refractivity (Wildman–Crippen MR) is 104 cm³/mol. The van der Waals surface area contributed by atoms with Gasteiger partial charge in [0.25, 0.3) is 5.91 Å². The van der Waals surface area contributed by atoms with E-state index in [1.807, 2.05) is 30.3 Å². The second-order valence-corrected chi connectivity index (χ2v) is 7.54. The van der Waals surface area contributed by atoms with E-state index in [-0.39, 0.29) is 17.2 Å². The molecule has 1 aromatic heterocycles. The van der Waals surface area contributed by atoms with Crippen LogP contribution in [-0.4, -0.2) is 40.6 Å². The molecule has 2 amide bonds. The summed E-state index contributed by atoms with van der Waals surface area (Å²) < 4.78 is 10.7. The fraction of sp³-hybridized carbons (Fsp3) is 0.350. The highest BCUT2D eigenvalue weighted by Crippen LogP contribution is 2.41. The number of carbonyl (C=O) groups is 3. The van der Waals surface area contributed by atoms with Crippen molar-refractivity contribution in [2.45, 2.75) is 37.9 Å². The quantitative estimate of drug-likeness (QED) is 0.747. The molecule has 2 heterocycles. The monoisotopic (exact) mass is 402 g/mol. The van der Waals surface area contributed by atoms with E-state index in [9.17, 15) is 14.4 Å². The van der Waals surface area contributed by atoms with Gasteiger partial charge < -0.3 is 19.4 Å². The van der Waals surface area contributed by atoms with Crippen LogP contribution in [0.1, 0.15) is 30.5 Å². The Hall–Kier alpha value is -2.74. The lowest BCUT2D eigenvalue weighted by molar-refractivity contribution is -0.161. The molecule has 8 heteroatoms. The molecule has 148 valence electrons. The Labute approximate surface area is 167 Å². The Morgan fingerprint density at radius 2 is 2.00 bits per heavy atom. The van der Waals surface area contributed by atoms with E-state index in [4.69, 9.17) is 9.15 Å². The van der Waals surface area contributed by atoms with Gasteiger partial charge in [-0.25, -0.2) is 4.79 Å². The molecule has 0 bridgehead atoms. The molecule has 0 radical (unpaired) electrons. The summed E-state index contributed by atoms with van der Waals surface area (Å²) in [6.45, 7) is 3.27. The van der Waals surface area contributed by atoms with Gasteiger partial charge in [-0.15, -0.1) is 11.8 Å². The van der Waals surface area contributed by atoms with Crippen LogP contribution < -0.4 is 5.32 Å². The largest absolute Gasteiger partial charge is 0.466 e. The number of benzene rings is 1. The molecule has 0 saturated carbocycles. The Morgan fingerprint density at radius 1 is 1.25 bits per heavy atom. The van der Waals surface area contributed by atoms with Crippen molar-refractivity contribution in [2.75, 3.05) is 5.75 Å². The normalized spacial score (nSPS) is 19.9. The van der Waals surface area contributed by atoms with Gasteiger partial charge in [0.2, 0.25) is 5.91 Å². The maximum atomic E-state index is 12.6. The van der Waals surface area contributed by atoms with E-state index in [0.717, 1.165) is 5.56 Å². The van der Waals surface area contributed by atoms with E-state index in [2.05, 4.69) is 5.32 Å². The number of furan rings is 1. The molecule has 28 heavy (non-hydrogen) atoms. The highest BCUT2D eigenvalue weighted by molar-refractivity contribution is 7.99. The molecule has 1 N–H and O–H groups in total. The van der Waals surface area contributed by atoms with E-state index in [1.165, 1.54) is 36.8 Å². The summed E-state index contributed by atoms with van der Waals surface area (Å²) >= 11 is 1.43. The summed E-state index contributed by atoms with van der Waals surface area (Å²) in [4.78, 5) is 38.4. The number of esters is 1. The number of hydrogen-bond acceptors (Lipinski definition) is 6. The molecule has 0 unspecified atom stereocenters. The Balaban J connectivity index is 1.58. The molecule has 1 saturated heterocycles. The second kappa shape index (κ2) is 8.97. The van der Waals surface area contributed by atoms with Gasteiger partial charge in [0.05, 0.1) is 6.26 Å². The summed E-state index contributed by atoms with van der Waals surface area (Å²) in [5.41, 5.74) is 0.950. The highest BCUT2D eigenvalue weighted by atomic mass is 32.2. The van der Waals surface area contributed by atoms with Crippen LogP contribution in [0.4, 0.5) is 0 Å². The lowest BCUT2D eigenvalue weighted by Crippen LogP contribution is -2.45. The number of amides is 2. The van der Waals surface area contributed by atoms with Gasteiger partial charge in [-0.2, -0.15) is 0 Å². The standard InChI is InChI=1S/C20H22N2O5S/c1-13(18(24)21-11-15-7-4-3-5-8-15)27-20(25)16-12-28-19(22(16)14(2)23)17-9-6-10-26-17/h3-10,13,16,19H,11-12H2,1-2H3,(H,21,24)/t13-,16-,19+/m0/s1. The van der Waals surface area contributed by atoms with Gasteiger partial charge in [-0.1, -0.05) is 30.3 Å². The number of nitrogens with zero attached hydrogens (tertiary/aromatic N) is 1. The molecule has 1 fully saturated rings. The maximum absolute atomic E-state index is 12.6. The van der Waals surface area contributed by atoms with Crippen LogP contribution in [0.15, 0.2) is 53.1 Å². The Kier molecular flexibility index (Phi) is 6.41. The van der Waals surface area contributed by atoms with Crippen LogP contribution in [-0.2, 0) is 25.7 Å². The molecule has 1 aliphatic heterocycles. The average Bonchev–Trinajstić information content (AvgIpc) is 3.35. The first kappa shape index (κ1) is 20.0. The smallest absolute Gasteiger partial charge is 0.330 e. The van der Waals surface area contributed by atoms with Crippen LogP contribution in [0, 0.1) is 0 Å². The van der Waals surface area contributed by atoms with E-state index in [0.29, 0.717) is 18.1 Å². The lowest BCUT2D eigenvalue weighted by atomic mass is 10.2. The van der Waals surface area contributed by atoms with Crippen molar-refractivity contribution in [3.63, 3.8) is 0 Å².